The summed E-state index contributed by atoms with van der Waals surface area (Å²) in [4.78, 5) is 14.9. The van der Waals surface area contributed by atoms with Crippen molar-refractivity contribution in [3.63, 3.8) is 0 Å². The van der Waals surface area contributed by atoms with E-state index < -0.39 is 5.82 Å². The zero-order chi connectivity index (χ0) is 24.7. The summed E-state index contributed by atoms with van der Waals surface area (Å²) >= 11 is 0. The number of halogens is 1. The molecule has 0 fully saturated rings. The molecule has 0 saturated carbocycles. The molecule has 0 aliphatic heterocycles. The maximum absolute atomic E-state index is 14.2. The van der Waals surface area contributed by atoms with Crippen LogP contribution in [0.25, 0.3) is 0 Å². The molecule has 0 spiro atoms. The van der Waals surface area contributed by atoms with Gasteiger partial charge in [-0.3, -0.25) is 4.79 Å². The van der Waals surface area contributed by atoms with Crippen LogP contribution in [0.1, 0.15) is 153 Å². The van der Waals surface area contributed by atoms with Gasteiger partial charge in [0.2, 0.25) is 0 Å². The van der Waals surface area contributed by atoms with Gasteiger partial charge in [0.1, 0.15) is 5.82 Å². The van der Waals surface area contributed by atoms with Crippen molar-refractivity contribution in [2.45, 2.75) is 142 Å². The van der Waals surface area contributed by atoms with Crippen molar-refractivity contribution in [3.8, 4) is 0 Å². The van der Waals surface area contributed by atoms with E-state index in [0.29, 0.717) is 0 Å². The molecule has 1 rings (SSSR count). The Labute approximate surface area is 211 Å². The van der Waals surface area contributed by atoms with Crippen molar-refractivity contribution in [1.82, 2.24) is 4.90 Å². The van der Waals surface area contributed by atoms with Crippen molar-refractivity contribution >= 4 is 5.91 Å². The molecule has 0 aromatic heterocycles. The average molecular weight is 476 g/mol. The second kappa shape index (κ2) is 22.1. The van der Waals surface area contributed by atoms with Gasteiger partial charge in [0.25, 0.3) is 5.91 Å². The molecule has 0 atom stereocenters. The van der Waals surface area contributed by atoms with E-state index in [1.54, 1.807) is 18.2 Å². The van der Waals surface area contributed by atoms with Crippen LogP contribution in [-0.2, 0) is 0 Å². The lowest BCUT2D eigenvalue weighted by Gasteiger charge is -2.23. The van der Waals surface area contributed by atoms with E-state index in [9.17, 15) is 9.18 Å². The van der Waals surface area contributed by atoms with Gasteiger partial charge >= 0.3 is 0 Å². The third kappa shape index (κ3) is 15.5. The Morgan fingerprint density at radius 3 is 1.32 bits per heavy atom. The highest BCUT2D eigenvalue weighted by Crippen LogP contribution is 2.15. The number of amides is 1. The highest BCUT2D eigenvalue weighted by molar-refractivity contribution is 5.94. The number of hydrogen-bond acceptors (Lipinski definition) is 1. The zero-order valence-corrected chi connectivity index (χ0v) is 22.6. The lowest BCUT2D eigenvalue weighted by molar-refractivity contribution is 0.0744. The summed E-state index contributed by atoms with van der Waals surface area (Å²) < 4.78 is 14.2. The fourth-order valence-corrected chi connectivity index (χ4v) is 4.70. The summed E-state index contributed by atoms with van der Waals surface area (Å²) in [6.07, 6.45) is 25.7. The fourth-order valence-electron chi connectivity index (χ4n) is 4.70. The Kier molecular flexibility index (Phi) is 19.9. The van der Waals surface area contributed by atoms with Gasteiger partial charge < -0.3 is 4.90 Å². The molecule has 0 aliphatic carbocycles. The third-order valence-corrected chi connectivity index (χ3v) is 6.95. The third-order valence-electron chi connectivity index (χ3n) is 6.95. The molecule has 0 unspecified atom stereocenters. The molecule has 0 heterocycles. The Hall–Kier alpha value is -1.38. The number of benzene rings is 1. The van der Waals surface area contributed by atoms with Crippen molar-refractivity contribution < 1.29 is 9.18 Å². The van der Waals surface area contributed by atoms with Crippen LogP contribution < -0.4 is 0 Å². The van der Waals surface area contributed by atoms with Gasteiger partial charge in [-0.05, 0) is 25.0 Å². The van der Waals surface area contributed by atoms with E-state index >= 15 is 0 Å². The maximum atomic E-state index is 14.2. The molecule has 0 bridgehead atoms. The van der Waals surface area contributed by atoms with Crippen LogP contribution in [0.2, 0.25) is 0 Å². The highest BCUT2D eigenvalue weighted by atomic mass is 19.1. The Balaban J connectivity index is 2.29. The minimum absolute atomic E-state index is 0.134. The number of unbranched alkanes of at least 4 members (excludes halogenated alkanes) is 18. The second-order valence-corrected chi connectivity index (χ2v) is 10.1. The van der Waals surface area contributed by atoms with Crippen LogP contribution in [0.15, 0.2) is 24.3 Å². The highest BCUT2D eigenvalue weighted by Gasteiger charge is 2.18. The van der Waals surface area contributed by atoms with Gasteiger partial charge in [0, 0.05) is 13.1 Å². The summed E-state index contributed by atoms with van der Waals surface area (Å²) in [6.45, 7) is 6.02. The molecule has 2 nitrogen and oxygen atoms in total. The minimum atomic E-state index is -0.399. The van der Waals surface area contributed by atoms with Gasteiger partial charge in [-0.1, -0.05) is 142 Å². The molecular formula is C31H54FNO. The molecule has 34 heavy (non-hydrogen) atoms. The summed E-state index contributed by atoms with van der Waals surface area (Å²) in [5.41, 5.74) is 0.224. The standard InChI is InChI=1S/C31H54FNO/c1-3-5-7-9-11-13-15-17-19-23-27-33(31(34)29-25-21-22-26-30(29)32)28-24-20-18-16-14-12-10-8-6-4-2/h21-22,25-26H,3-20,23-24,27-28H2,1-2H3. The zero-order valence-electron chi connectivity index (χ0n) is 22.6. The predicted octanol–water partition coefficient (Wildman–Crippen LogP) is 10.1. The van der Waals surface area contributed by atoms with Crippen LogP contribution in [0.3, 0.4) is 0 Å². The molecule has 0 N–H and O–H groups in total. The number of hydrogen-bond donors (Lipinski definition) is 0. The monoisotopic (exact) mass is 475 g/mol. The molecule has 1 aromatic rings. The molecule has 196 valence electrons. The van der Waals surface area contributed by atoms with Gasteiger partial charge in [-0.15, -0.1) is 0 Å². The van der Waals surface area contributed by atoms with Gasteiger partial charge in [0.15, 0.2) is 0 Å². The van der Waals surface area contributed by atoms with E-state index in [1.165, 1.54) is 109 Å². The summed E-state index contributed by atoms with van der Waals surface area (Å²) in [6, 6.07) is 6.44. The molecule has 0 radical (unpaired) electrons. The lowest BCUT2D eigenvalue weighted by atomic mass is 10.1. The van der Waals surface area contributed by atoms with Gasteiger partial charge in [0.05, 0.1) is 5.56 Å². The quantitative estimate of drug-likeness (QED) is 0.144. The second-order valence-electron chi connectivity index (χ2n) is 10.1. The summed E-state index contributed by atoms with van der Waals surface area (Å²) in [5.74, 6) is -0.534. The smallest absolute Gasteiger partial charge is 0.256 e. The first-order valence-corrected chi connectivity index (χ1v) is 14.7. The van der Waals surface area contributed by atoms with Crippen LogP contribution in [0.4, 0.5) is 4.39 Å². The normalized spacial score (nSPS) is 11.1. The predicted molar refractivity (Wildman–Crippen MR) is 146 cm³/mol. The number of carbonyl (C=O) groups excluding carboxylic acids is 1. The topological polar surface area (TPSA) is 20.3 Å². The number of carbonyl (C=O) groups is 1. The van der Waals surface area contributed by atoms with Crippen LogP contribution >= 0.6 is 0 Å². The van der Waals surface area contributed by atoms with E-state index in [-0.39, 0.29) is 11.5 Å². The van der Waals surface area contributed by atoms with Crippen LogP contribution in [0.5, 0.6) is 0 Å². The fraction of sp³-hybridized carbons (Fsp3) is 0.774. The van der Waals surface area contributed by atoms with Crippen LogP contribution in [0, 0.1) is 5.82 Å². The van der Waals surface area contributed by atoms with Gasteiger partial charge in [-0.2, -0.15) is 0 Å². The van der Waals surface area contributed by atoms with E-state index in [2.05, 4.69) is 13.8 Å². The van der Waals surface area contributed by atoms with Crippen molar-refractivity contribution in [3.05, 3.63) is 35.6 Å². The molecule has 1 aromatic carbocycles. The Morgan fingerprint density at radius 1 is 0.588 bits per heavy atom. The van der Waals surface area contributed by atoms with E-state index in [4.69, 9.17) is 0 Å². The maximum Gasteiger partial charge on any atom is 0.256 e. The Bertz CT molecular complexity index is 579. The number of rotatable bonds is 23. The van der Waals surface area contributed by atoms with E-state index in [1.807, 2.05) is 4.90 Å². The van der Waals surface area contributed by atoms with E-state index in [0.717, 1.165) is 38.8 Å². The number of nitrogens with zero attached hydrogens (tertiary/aromatic N) is 1. The first kappa shape index (κ1) is 30.7. The van der Waals surface area contributed by atoms with Crippen molar-refractivity contribution in [1.29, 1.82) is 0 Å². The summed E-state index contributed by atoms with van der Waals surface area (Å²) in [7, 11) is 0. The Morgan fingerprint density at radius 2 is 0.941 bits per heavy atom. The first-order valence-electron chi connectivity index (χ1n) is 14.7. The minimum Gasteiger partial charge on any atom is -0.339 e. The largest absolute Gasteiger partial charge is 0.339 e. The van der Waals surface area contributed by atoms with Crippen molar-refractivity contribution in [2.75, 3.05) is 13.1 Å². The van der Waals surface area contributed by atoms with Crippen molar-refractivity contribution in [2.24, 2.45) is 0 Å². The lowest BCUT2D eigenvalue weighted by Crippen LogP contribution is -2.33. The molecular weight excluding hydrogens is 421 g/mol. The average Bonchev–Trinajstić information content (AvgIpc) is 2.85. The summed E-state index contributed by atoms with van der Waals surface area (Å²) in [5, 5.41) is 0. The SMILES string of the molecule is CCCCCCCCCCCCN(CCCCCCCCCCCC)C(=O)c1ccccc1F. The molecule has 0 saturated heterocycles. The van der Waals surface area contributed by atoms with Gasteiger partial charge in [-0.25, -0.2) is 4.39 Å². The molecule has 0 aliphatic rings. The van der Waals surface area contributed by atoms with Crippen LogP contribution in [-0.4, -0.2) is 23.9 Å². The molecule has 1 amide bonds. The molecule has 3 heteroatoms. The first-order chi connectivity index (χ1) is 16.7.